The Morgan fingerprint density at radius 2 is 1.82 bits per heavy atom. The predicted octanol–water partition coefficient (Wildman–Crippen LogP) is -5.52. The van der Waals surface area contributed by atoms with E-state index in [0.29, 0.717) is 0 Å². The van der Waals surface area contributed by atoms with Crippen LogP contribution in [0.4, 0.5) is 0 Å². The topological polar surface area (TPSA) is 190 Å². The number of aliphatic hydroxyl groups excluding tert-OH is 4. The number of nitrogens with two attached hydrogens (primary N) is 1. The molecular weight excluding hydrogens is 302 g/mol. The fourth-order valence-electron chi connectivity index (χ4n) is 4.24. The van der Waals surface area contributed by atoms with Crippen molar-refractivity contribution in [3.63, 3.8) is 0 Å². The van der Waals surface area contributed by atoms with E-state index in [1.807, 2.05) is 0 Å². The zero-order valence-corrected chi connectivity index (χ0v) is 11.2. The SMILES string of the molecule is NC1=N[C@H](O)C2C3OC4(O)O[C@@H]([C@@H](O)C2(N1)[C@@H]4O)[C@@]3(O)CO. The van der Waals surface area contributed by atoms with Gasteiger partial charge in [0.15, 0.2) is 18.3 Å². The summed E-state index contributed by atoms with van der Waals surface area (Å²) < 4.78 is 10.3. The van der Waals surface area contributed by atoms with Gasteiger partial charge < -0.3 is 51.2 Å². The van der Waals surface area contributed by atoms with Crippen LogP contribution in [0.5, 0.6) is 0 Å². The number of rotatable bonds is 1. The number of aliphatic imine (C=N–C) groups is 1. The van der Waals surface area contributed by atoms with E-state index >= 15 is 0 Å². The summed E-state index contributed by atoms with van der Waals surface area (Å²) in [5.41, 5.74) is 1.74. The van der Waals surface area contributed by atoms with E-state index in [1.54, 1.807) is 0 Å². The first-order valence-corrected chi connectivity index (χ1v) is 6.77. The molecule has 0 amide bonds. The number of nitrogens with zero attached hydrogens (tertiary/aromatic N) is 1. The molecule has 1 spiro atoms. The number of nitrogens with one attached hydrogen (secondary N) is 1. The molecule has 1 aliphatic carbocycles. The van der Waals surface area contributed by atoms with Gasteiger partial charge >= 0.3 is 5.97 Å². The van der Waals surface area contributed by atoms with Crippen LogP contribution in [0.3, 0.4) is 0 Å². The summed E-state index contributed by atoms with van der Waals surface area (Å²) in [7, 11) is 0. The minimum Gasteiger partial charge on any atom is -0.393 e. The van der Waals surface area contributed by atoms with Crippen LogP contribution < -0.4 is 11.1 Å². The van der Waals surface area contributed by atoms with E-state index in [0.717, 1.165) is 0 Å². The molecule has 22 heavy (non-hydrogen) atoms. The number of hydrogen-bond donors (Lipinski definition) is 8. The van der Waals surface area contributed by atoms with Crippen LogP contribution >= 0.6 is 0 Å². The van der Waals surface area contributed by atoms with Gasteiger partial charge in [0.1, 0.15) is 29.5 Å². The average Bonchev–Trinajstić information content (AvgIpc) is 2.45. The van der Waals surface area contributed by atoms with Crippen LogP contribution in [0, 0.1) is 5.92 Å². The molecule has 124 valence electrons. The Labute approximate surface area is 123 Å². The molecular formula is C11H17N3O8. The van der Waals surface area contributed by atoms with Gasteiger partial charge in [-0.2, -0.15) is 0 Å². The molecule has 4 aliphatic heterocycles. The molecule has 0 aromatic carbocycles. The van der Waals surface area contributed by atoms with E-state index in [2.05, 4.69) is 10.3 Å². The van der Waals surface area contributed by atoms with Crippen molar-refractivity contribution in [1.82, 2.24) is 5.32 Å². The van der Waals surface area contributed by atoms with Crippen LogP contribution in [0.2, 0.25) is 0 Å². The summed E-state index contributed by atoms with van der Waals surface area (Å²) in [6.07, 6.45) is -7.77. The smallest absolute Gasteiger partial charge is 0.311 e. The Bertz CT molecular complexity index is 561. The second-order valence-electron chi connectivity index (χ2n) is 6.22. The summed E-state index contributed by atoms with van der Waals surface area (Å²) in [6, 6.07) is 0. The standard InChI is InChI=1S/C11H17N3O8/c12-8-13-6(17)2-4-9(19,1-15)5-3(16)10(2,14-8)7(18)11(20,21-4)22-5/h2-7,15-20H,1H2,(H3,12,13,14)/t2?,3-,4?,5+,6-,7+,9-,10?,11?/m1/s1. The quantitative estimate of drug-likeness (QED) is 0.231. The fourth-order valence-corrected chi connectivity index (χ4v) is 4.24. The Balaban J connectivity index is 1.95. The molecule has 4 unspecified atom stereocenters. The molecule has 9 N–H and O–H groups in total. The van der Waals surface area contributed by atoms with Crippen molar-refractivity contribution in [1.29, 1.82) is 0 Å². The first kappa shape index (κ1) is 14.5. The first-order chi connectivity index (χ1) is 10.2. The van der Waals surface area contributed by atoms with Gasteiger partial charge in [-0.3, -0.25) is 0 Å². The third-order valence-corrected chi connectivity index (χ3v) is 5.22. The van der Waals surface area contributed by atoms with Crippen molar-refractivity contribution < 1.29 is 40.1 Å². The van der Waals surface area contributed by atoms with E-state index in [1.165, 1.54) is 0 Å². The lowest BCUT2D eigenvalue weighted by Crippen LogP contribution is -2.95. The normalized spacial score (nSPS) is 62.4. The molecule has 1 saturated carbocycles. The molecule has 4 heterocycles. The lowest BCUT2D eigenvalue weighted by molar-refractivity contribution is -0.548. The monoisotopic (exact) mass is 319 g/mol. The molecule has 0 aromatic rings. The summed E-state index contributed by atoms with van der Waals surface area (Å²) in [5, 5.41) is 64.3. The molecule has 11 nitrogen and oxygen atoms in total. The second-order valence-corrected chi connectivity index (χ2v) is 6.22. The minimum atomic E-state index is -2.52. The van der Waals surface area contributed by atoms with Gasteiger partial charge in [0.2, 0.25) is 0 Å². The molecule has 0 aromatic heterocycles. The highest BCUT2D eigenvalue weighted by Crippen LogP contribution is 2.58. The Hall–Kier alpha value is -1.05. The van der Waals surface area contributed by atoms with Gasteiger partial charge in [-0.1, -0.05) is 0 Å². The first-order valence-electron chi connectivity index (χ1n) is 6.77. The molecule has 3 saturated heterocycles. The summed E-state index contributed by atoms with van der Waals surface area (Å²) in [5.74, 6) is -3.95. The van der Waals surface area contributed by atoms with Gasteiger partial charge in [0.25, 0.3) is 0 Å². The van der Waals surface area contributed by atoms with Crippen LogP contribution in [0.1, 0.15) is 0 Å². The summed E-state index contributed by atoms with van der Waals surface area (Å²) in [4.78, 5) is 3.70. The van der Waals surface area contributed by atoms with Crippen molar-refractivity contribution in [2.45, 2.75) is 47.8 Å². The van der Waals surface area contributed by atoms with Crippen molar-refractivity contribution in [2.24, 2.45) is 16.6 Å². The molecule has 4 bridgehead atoms. The number of hydrogen-bond acceptors (Lipinski definition) is 11. The summed E-state index contributed by atoms with van der Waals surface area (Å²) in [6.45, 7) is -0.857. The van der Waals surface area contributed by atoms with E-state index < -0.39 is 60.3 Å². The van der Waals surface area contributed by atoms with Gasteiger partial charge in [0, 0.05) is 0 Å². The highest BCUT2D eigenvalue weighted by molar-refractivity contribution is 5.80. The molecule has 5 aliphatic rings. The summed E-state index contributed by atoms with van der Waals surface area (Å²) >= 11 is 0. The van der Waals surface area contributed by atoms with E-state index in [9.17, 15) is 30.6 Å². The van der Waals surface area contributed by atoms with Crippen molar-refractivity contribution in [3.8, 4) is 0 Å². The van der Waals surface area contributed by atoms with Crippen LogP contribution in [-0.2, 0) is 9.47 Å². The predicted molar refractivity (Wildman–Crippen MR) is 65.7 cm³/mol. The van der Waals surface area contributed by atoms with E-state index in [4.69, 9.17) is 15.2 Å². The minimum absolute atomic E-state index is 0.250. The molecule has 5 rings (SSSR count). The van der Waals surface area contributed by atoms with Gasteiger partial charge in [0.05, 0.1) is 12.5 Å². The highest BCUT2D eigenvalue weighted by Gasteiger charge is 2.82. The number of guanidine groups is 1. The zero-order valence-electron chi connectivity index (χ0n) is 11.2. The Morgan fingerprint density at radius 1 is 1.18 bits per heavy atom. The maximum Gasteiger partial charge on any atom is 0.311 e. The van der Waals surface area contributed by atoms with Crippen LogP contribution in [0.25, 0.3) is 0 Å². The van der Waals surface area contributed by atoms with E-state index in [-0.39, 0.29) is 5.96 Å². The Kier molecular flexibility index (Phi) is 2.57. The number of ether oxygens (including phenoxy) is 2. The average molecular weight is 319 g/mol. The van der Waals surface area contributed by atoms with Crippen molar-refractivity contribution in [3.05, 3.63) is 0 Å². The van der Waals surface area contributed by atoms with Crippen molar-refractivity contribution in [2.75, 3.05) is 6.61 Å². The number of aliphatic hydroxyl groups is 6. The maximum absolute atomic E-state index is 10.6. The lowest BCUT2D eigenvalue weighted by atomic mass is 9.55. The largest absolute Gasteiger partial charge is 0.393 e. The van der Waals surface area contributed by atoms with Gasteiger partial charge in [-0.15, -0.1) is 0 Å². The second kappa shape index (κ2) is 3.88. The van der Waals surface area contributed by atoms with Crippen LogP contribution in [-0.4, -0.2) is 91.0 Å². The molecule has 9 atom stereocenters. The lowest BCUT2D eigenvalue weighted by Gasteiger charge is -2.71. The maximum atomic E-state index is 10.6. The van der Waals surface area contributed by atoms with Gasteiger partial charge in [-0.05, 0) is 0 Å². The van der Waals surface area contributed by atoms with Gasteiger partial charge in [-0.25, -0.2) is 4.99 Å². The fraction of sp³-hybridized carbons (Fsp3) is 0.909. The molecule has 11 heteroatoms. The van der Waals surface area contributed by atoms with Crippen molar-refractivity contribution >= 4 is 5.96 Å². The third-order valence-electron chi connectivity index (χ3n) is 5.22. The highest BCUT2D eigenvalue weighted by atomic mass is 16.9. The third kappa shape index (κ3) is 1.28. The van der Waals surface area contributed by atoms with Crippen LogP contribution in [0.15, 0.2) is 4.99 Å². The Morgan fingerprint density at radius 3 is 2.45 bits per heavy atom. The molecule has 0 radical (unpaired) electrons. The zero-order chi connectivity index (χ0) is 16.1. The molecule has 4 fully saturated rings.